The normalized spacial score (nSPS) is 21.3. The van der Waals surface area contributed by atoms with Gasteiger partial charge in [0.05, 0.1) is 12.2 Å². The first kappa shape index (κ1) is 19.4. The highest BCUT2D eigenvalue weighted by atomic mass is 16.5. The number of ether oxygens (including phenoxy) is 1. The molecule has 0 aromatic heterocycles. The summed E-state index contributed by atoms with van der Waals surface area (Å²) in [6.45, 7) is 0.330. The number of aliphatic hydroxyl groups excluding tert-OH is 1. The molecule has 130 valence electrons. The van der Waals surface area contributed by atoms with Crippen molar-refractivity contribution in [1.29, 1.82) is 0 Å². The first-order chi connectivity index (χ1) is 10.7. The van der Waals surface area contributed by atoms with E-state index in [0.29, 0.717) is 18.8 Å². The topological polar surface area (TPSA) is 66.8 Å². The maximum absolute atomic E-state index is 10.5. The molecule has 0 aromatic carbocycles. The lowest BCUT2D eigenvalue weighted by atomic mass is 10.0. The summed E-state index contributed by atoms with van der Waals surface area (Å²) in [5.41, 5.74) is 0. The van der Waals surface area contributed by atoms with Gasteiger partial charge in [0.25, 0.3) is 0 Å². The van der Waals surface area contributed by atoms with E-state index in [-0.39, 0.29) is 6.42 Å². The van der Waals surface area contributed by atoms with Crippen molar-refractivity contribution in [1.82, 2.24) is 0 Å². The second-order valence-corrected chi connectivity index (χ2v) is 6.58. The van der Waals surface area contributed by atoms with E-state index in [2.05, 4.69) is 0 Å². The van der Waals surface area contributed by atoms with Crippen LogP contribution in [-0.4, -0.2) is 35.0 Å². The van der Waals surface area contributed by atoms with Gasteiger partial charge in [-0.3, -0.25) is 4.79 Å². The maximum Gasteiger partial charge on any atom is 0.303 e. The Balaban J connectivity index is 1.88. The highest BCUT2D eigenvalue weighted by Crippen LogP contribution is 2.27. The molecule has 1 fully saturated rings. The molecule has 4 nitrogen and oxygen atoms in total. The molecule has 0 amide bonds. The van der Waals surface area contributed by atoms with E-state index in [1.54, 1.807) is 0 Å². The van der Waals surface area contributed by atoms with Crippen molar-refractivity contribution < 1.29 is 19.7 Å². The molecule has 0 aliphatic carbocycles. The van der Waals surface area contributed by atoms with Crippen LogP contribution < -0.4 is 0 Å². The van der Waals surface area contributed by atoms with Crippen LogP contribution in [-0.2, 0) is 9.53 Å². The van der Waals surface area contributed by atoms with Crippen LogP contribution >= 0.6 is 0 Å². The van der Waals surface area contributed by atoms with E-state index in [4.69, 9.17) is 14.9 Å². The van der Waals surface area contributed by atoms with Crippen LogP contribution in [0.15, 0.2) is 0 Å². The summed E-state index contributed by atoms with van der Waals surface area (Å²) in [6.07, 6.45) is 15.9. The number of hydrogen-bond acceptors (Lipinski definition) is 3. The summed E-state index contributed by atoms with van der Waals surface area (Å²) in [4.78, 5) is 10.5. The highest BCUT2D eigenvalue weighted by Gasteiger charge is 2.24. The molecule has 2 unspecified atom stereocenters. The first-order valence-electron chi connectivity index (χ1n) is 9.20. The molecule has 1 saturated heterocycles. The molecule has 0 spiro atoms. The molecule has 1 rings (SSSR count). The van der Waals surface area contributed by atoms with Crippen LogP contribution in [0.25, 0.3) is 0 Å². The third-order valence-corrected chi connectivity index (χ3v) is 4.55. The zero-order chi connectivity index (χ0) is 16.0. The van der Waals surface area contributed by atoms with Gasteiger partial charge in [-0.15, -0.1) is 0 Å². The SMILES string of the molecule is O=C(O)CCCCC1CCC(CCCCCCCCCO)O1. The predicted molar refractivity (Wildman–Crippen MR) is 88.0 cm³/mol. The van der Waals surface area contributed by atoms with Crippen molar-refractivity contribution in [3.63, 3.8) is 0 Å². The van der Waals surface area contributed by atoms with Crippen LogP contribution in [0.1, 0.15) is 89.9 Å². The molecule has 2 N–H and O–H groups in total. The Morgan fingerprint density at radius 2 is 1.32 bits per heavy atom. The third-order valence-electron chi connectivity index (χ3n) is 4.55. The van der Waals surface area contributed by atoms with Gasteiger partial charge in [0.2, 0.25) is 0 Å². The second kappa shape index (κ2) is 12.9. The van der Waals surface area contributed by atoms with Gasteiger partial charge in [-0.05, 0) is 38.5 Å². The largest absolute Gasteiger partial charge is 0.481 e. The summed E-state index contributed by atoms with van der Waals surface area (Å²) in [5, 5.41) is 17.3. The Labute approximate surface area is 135 Å². The van der Waals surface area contributed by atoms with Crippen molar-refractivity contribution in [3.8, 4) is 0 Å². The summed E-state index contributed by atoms with van der Waals surface area (Å²) in [5.74, 6) is -0.693. The van der Waals surface area contributed by atoms with Gasteiger partial charge < -0.3 is 14.9 Å². The molecular weight excluding hydrogens is 280 g/mol. The van der Waals surface area contributed by atoms with Crippen molar-refractivity contribution in [2.24, 2.45) is 0 Å². The van der Waals surface area contributed by atoms with Crippen LogP contribution in [0.2, 0.25) is 0 Å². The van der Waals surface area contributed by atoms with E-state index < -0.39 is 5.97 Å². The highest BCUT2D eigenvalue weighted by molar-refractivity contribution is 5.66. The van der Waals surface area contributed by atoms with Crippen LogP contribution in [0.4, 0.5) is 0 Å². The molecule has 4 heteroatoms. The van der Waals surface area contributed by atoms with E-state index in [0.717, 1.165) is 38.5 Å². The maximum atomic E-state index is 10.5. The molecule has 2 atom stereocenters. The summed E-state index contributed by atoms with van der Waals surface area (Å²) in [6, 6.07) is 0. The van der Waals surface area contributed by atoms with Gasteiger partial charge in [-0.1, -0.05) is 44.9 Å². The lowest BCUT2D eigenvalue weighted by Crippen LogP contribution is -2.11. The number of hydrogen-bond donors (Lipinski definition) is 2. The van der Waals surface area contributed by atoms with Crippen LogP contribution in [0, 0.1) is 0 Å². The van der Waals surface area contributed by atoms with E-state index >= 15 is 0 Å². The molecule has 1 aliphatic rings. The first-order valence-corrected chi connectivity index (χ1v) is 9.20. The predicted octanol–water partition coefficient (Wildman–Crippen LogP) is 4.29. The fourth-order valence-electron chi connectivity index (χ4n) is 3.22. The zero-order valence-corrected chi connectivity index (χ0v) is 14.0. The number of aliphatic carboxylic acids is 1. The number of aliphatic hydroxyl groups is 1. The molecule has 1 heterocycles. The fraction of sp³-hybridized carbons (Fsp3) is 0.944. The number of carboxylic acid groups (broad SMARTS) is 1. The zero-order valence-electron chi connectivity index (χ0n) is 14.0. The molecule has 1 aliphatic heterocycles. The Morgan fingerprint density at radius 3 is 1.86 bits per heavy atom. The minimum atomic E-state index is -0.693. The standard InChI is InChI=1S/C18H34O4/c19-15-9-5-3-1-2-4-6-10-16-13-14-17(22-16)11-7-8-12-18(20)21/h16-17,19H,1-15H2,(H,20,21). The van der Waals surface area contributed by atoms with Gasteiger partial charge in [-0.25, -0.2) is 0 Å². The van der Waals surface area contributed by atoms with Crippen molar-refractivity contribution in [2.75, 3.05) is 6.61 Å². The number of carbonyl (C=O) groups is 1. The smallest absolute Gasteiger partial charge is 0.303 e. The average molecular weight is 314 g/mol. The minimum absolute atomic E-state index is 0.286. The Hall–Kier alpha value is -0.610. The molecular formula is C18H34O4. The summed E-state index contributed by atoms with van der Waals surface area (Å²) in [7, 11) is 0. The summed E-state index contributed by atoms with van der Waals surface area (Å²) >= 11 is 0. The Kier molecular flexibility index (Phi) is 11.4. The van der Waals surface area contributed by atoms with Gasteiger partial charge in [0.15, 0.2) is 0 Å². The lowest BCUT2D eigenvalue weighted by Gasteiger charge is -2.13. The van der Waals surface area contributed by atoms with E-state index in [1.807, 2.05) is 0 Å². The molecule has 0 saturated carbocycles. The molecule has 0 aromatic rings. The van der Waals surface area contributed by atoms with Crippen molar-refractivity contribution in [3.05, 3.63) is 0 Å². The Bertz CT molecular complexity index is 280. The van der Waals surface area contributed by atoms with Crippen molar-refractivity contribution in [2.45, 2.75) is 102 Å². The number of unbranched alkanes of at least 4 members (excludes halogenated alkanes) is 7. The van der Waals surface area contributed by atoms with Gasteiger partial charge >= 0.3 is 5.97 Å². The molecule has 0 radical (unpaired) electrons. The third kappa shape index (κ3) is 10.2. The van der Waals surface area contributed by atoms with E-state index in [1.165, 1.54) is 44.9 Å². The van der Waals surface area contributed by atoms with Gasteiger partial charge in [0.1, 0.15) is 0 Å². The van der Waals surface area contributed by atoms with Crippen LogP contribution in [0.5, 0.6) is 0 Å². The van der Waals surface area contributed by atoms with Crippen molar-refractivity contribution >= 4 is 5.97 Å². The molecule has 22 heavy (non-hydrogen) atoms. The minimum Gasteiger partial charge on any atom is -0.481 e. The van der Waals surface area contributed by atoms with Gasteiger partial charge in [-0.2, -0.15) is 0 Å². The number of rotatable bonds is 14. The fourth-order valence-corrected chi connectivity index (χ4v) is 3.22. The quantitative estimate of drug-likeness (QED) is 0.469. The van der Waals surface area contributed by atoms with E-state index in [9.17, 15) is 4.79 Å². The average Bonchev–Trinajstić information content (AvgIpc) is 2.94. The van der Waals surface area contributed by atoms with Crippen LogP contribution in [0.3, 0.4) is 0 Å². The Morgan fingerprint density at radius 1 is 0.818 bits per heavy atom. The number of carboxylic acids is 1. The molecule has 0 bridgehead atoms. The summed E-state index contributed by atoms with van der Waals surface area (Å²) < 4.78 is 6.05. The monoisotopic (exact) mass is 314 g/mol. The lowest BCUT2D eigenvalue weighted by molar-refractivity contribution is -0.137. The van der Waals surface area contributed by atoms with Gasteiger partial charge in [0, 0.05) is 13.0 Å². The second-order valence-electron chi connectivity index (χ2n) is 6.58.